The van der Waals surface area contributed by atoms with Crippen LogP contribution in [0.3, 0.4) is 0 Å². The molecule has 1 fully saturated rings. The van der Waals surface area contributed by atoms with Crippen molar-refractivity contribution >= 4 is 16.0 Å². The van der Waals surface area contributed by atoms with Crippen LogP contribution in [0.2, 0.25) is 0 Å². The van der Waals surface area contributed by atoms with Gasteiger partial charge >= 0.3 is 5.97 Å². The molecule has 0 aromatic carbocycles. The van der Waals surface area contributed by atoms with Crippen LogP contribution < -0.4 is 0 Å². The first-order valence-corrected chi connectivity index (χ1v) is 7.32. The van der Waals surface area contributed by atoms with Crippen LogP contribution in [0.4, 0.5) is 0 Å². The minimum Gasteiger partial charge on any atom is -0.477 e. The van der Waals surface area contributed by atoms with Gasteiger partial charge in [0.2, 0.25) is 10.0 Å². The molecule has 19 heavy (non-hydrogen) atoms. The van der Waals surface area contributed by atoms with E-state index < -0.39 is 16.0 Å². The van der Waals surface area contributed by atoms with Gasteiger partial charge in [-0.2, -0.15) is 4.31 Å². The quantitative estimate of drug-likeness (QED) is 0.844. The number of nitrogens with zero attached hydrogens (tertiary/aromatic N) is 1. The largest absolute Gasteiger partial charge is 0.477 e. The average molecular weight is 288 g/mol. The van der Waals surface area contributed by atoms with Gasteiger partial charge in [0.15, 0.2) is 0 Å². The van der Waals surface area contributed by atoms with Gasteiger partial charge in [0, 0.05) is 19.3 Å². The normalized spacial score (nSPS) is 25.4. The number of hydrogen-bond donors (Lipinski definition) is 2. The van der Waals surface area contributed by atoms with Crippen molar-refractivity contribution in [2.24, 2.45) is 0 Å². The van der Waals surface area contributed by atoms with E-state index in [9.17, 15) is 13.2 Å². The van der Waals surface area contributed by atoms with E-state index in [4.69, 9.17) is 9.84 Å². The molecule has 1 aromatic heterocycles. The summed E-state index contributed by atoms with van der Waals surface area (Å²) < 4.78 is 31.5. The number of carboxylic acids is 1. The summed E-state index contributed by atoms with van der Waals surface area (Å²) in [5, 5.41) is 8.80. The second-order valence-electron chi connectivity index (χ2n) is 4.63. The van der Waals surface area contributed by atoms with E-state index >= 15 is 0 Å². The topological polar surface area (TPSA) is 99.7 Å². The Morgan fingerprint density at radius 1 is 1.42 bits per heavy atom. The summed E-state index contributed by atoms with van der Waals surface area (Å²) in [5.41, 5.74) is -0.145. The number of aromatic carboxylic acids is 1. The van der Waals surface area contributed by atoms with Crippen molar-refractivity contribution in [2.45, 2.75) is 31.0 Å². The molecular weight excluding hydrogens is 272 g/mol. The third-order valence-corrected chi connectivity index (χ3v) is 4.72. The third-order valence-electron chi connectivity index (χ3n) is 2.91. The number of carbonyl (C=O) groups is 1. The van der Waals surface area contributed by atoms with Crippen molar-refractivity contribution in [3.63, 3.8) is 0 Å². The van der Waals surface area contributed by atoms with Gasteiger partial charge in [-0.05, 0) is 19.9 Å². The Kier molecular flexibility index (Phi) is 3.66. The summed E-state index contributed by atoms with van der Waals surface area (Å²) >= 11 is 0. The van der Waals surface area contributed by atoms with E-state index in [2.05, 4.69) is 4.98 Å². The Bertz CT molecular complexity index is 570. The van der Waals surface area contributed by atoms with E-state index in [-0.39, 0.29) is 35.9 Å². The average Bonchev–Trinajstić information content (AvgIpc) is 2.77. The Morgan fingerprint density at radius 2 is 2.00 bits per heavy atom. The van der Waals surface area contributed by atoms with E-state index in [1.165, 1.54) is 10.5 Å². The number of sulfonamides is 1. The van der Waals surface area contributed by atoms with E-state index in [0.717, 1.165) is 6.07 Å². The fourth-order valence-electron chi connectivity index (χ4n) is 2.12. The van der Waals surface area contributed by atoms with Gasteiger partial charge in [-0.25, -0.2) is 13.2 Å². The van der Waals surface area contributed by atoms with Crippen molar-refractivity contribution in [1.29, 1.82) is 0 Å². The number of hydrogen-bond acceptors (Lipinski definition) is 4. The lowest BCUT2D eigenvalue weighted by molar-refractivity contribution is -0.0440. The van der Waals surface area contributed by atoms with E-state index in [1.807, 2.05) is 0 Å². The molecule has 2 unspecified atom stereocenters. The van der Waals surface area contributed by atoms with Crippen molar-refractivity contribution < 1.29 is 23.1 Å². The van der Waals surface area contributed by atoms with Crippen LogP contribution in [-0.4, -0.2) is 54.1 Å². The summed E-state index contributed by atoms with van der Waals surface area (Å²) in [4.78, 5) is 13.2. The van der Waals surface area contributed by atoms with Crippen LogP contribution in [0.5, 0.6) is 0 Å². The first-order chi connectivity index (χ1) is 8.80. The molecule has 2 atom stereocenters. The standard InChI is InChI=1S/C11H16N2O5S/c1-7-5-13(6-8(2)18-7)19(16,17)9-3-10(11(14)15)12-4-9/h3-4,7-8,12H,5-6H2,1-2H3,(H,14,15). The smallest absolute Gasteiger partial charge is 0.352 e. The fraction of sp³-hybridized carbons (Fsp3) is 0.545. The molecule has 106 valence electrons. The number of carboxylic acid groups (broad SMARTS) is 1. The van der Waals surface area contributed by atoms with Crippen LogP contribution in [0.15, 0.2) is 17.2 Å². The minimum absolute atomic E-state index is 0.0359. The van der Waals surface area contributed by atoms with Gasteiger partial charge in [0.1, 0.15) is 10.6 Å². The predicted molar refractivity (Wildman–Crippen MR) is 66.5 cm³/mol. The first-order valence-electron chi connectivity index (χ1n) is 5.88. The zero-order chi connectivity index (χ0) is 14.2. The lowest BCUT2D eigenvalue weighted by atomic mass is 10.3. The number of H-pyrrole nitrogens is 1. The van der Waals surface area contributed by atoms with Gasteiger partial charge in [-0.3, -0.25) is 0 Å². The molecular formula is C11H16N2O5S. The third kappa shape index (κ3) is 2.80. The molecule has 0 amide bonds. The molecule has 0 spiro atoms. The lowest BCUT2D eigenvalue weighted by Crippen LogP contribution is -2.47. The van der Waals surface area contributed by atoms with Crippen LogP contribution in [0.25, 0.3) is 0 Å². The highest BCUT2D eigenvalue weighted by molar-refractivity contribution is 7.89. The maximum atomic E-state index is 12.4. The molecule has 7 nitrogen and oxygen atoms in total. The fourth-order valence-corrected chi connectivity index (χ4v) is 3.71. The molecule has 1 aromatic rings. The second kappa shape index (κ2) is 4.95. The van der Waals surface area contributed by atoms with Crippen LogP contribution >= 0.6 is 0 Å². The zero-order valence-electron chi connectivity index (χ0n) is 10.7. The Labute approximate surface area is 111 Å². The molecule has 1 aliphatic heterocycles. The van der Waals surface area contributed by atoms with Crippen LogP contribution in [0.1, 0.15) is 24.3 Å². The number of nitrogens with one attached hydrogen (secondary N) is 1. The zero-order valence-corrected chi connectivity index (χ0v) is 11.5. The molecule has 1 aliphatic rings. The van der Waals surface area contributed by atoms with Gasteiger partial charge in [0.05, 0.1) is 12.2 Å². The highest BCUT2D eigenvalue weighted by atomic mass is 32.2. The number of ether oxygens (including phenoxy) is 1. The highest BCUT2D eigenvalue weighted by Gasteiger charge is 2.33. The monoisotopic (exact) mass is 288 g/mol. The Balaban J connectivity index is 2.28. The van der Waals surface area contributed by atoms with Gasteiger partial charge in [-0.15, -0.1) is 0 Å². The minimum atomic E-state index is -3.68. The Hall–Kier alpha value is -1.38. The molecule has 1 saturated heterocycles. The van der Waals surface area contributed by atoms with Gasteiger partial charge in [-0.1, -0.05) is 0 Å². The van der Waals surface area contributed by atoms with Crippen LogP contribution in [-0.2, 0) is 14.8 Å². The Morgan fingerprint density at radius 3 is 2.47 bits per heavy atom. The molecule has 2 rings (SSSR count). The number of aromatic nitrogens is 1. The summed E-state index contributed by atoms with van der Waals surface area (Å²) in [6.07, 6.45) is 0.830. The molecule has 0 aliphatic carbocycles. The molecule has 0 saturated carbocycles. The van der Waals surface area contributed by atoms with Crippen molar-refractivity contribution in [2.75, 3.05) is 13.1 Å². The summed E-state index contributed by atoms with van der Waals surface area (Å²) in [6.45, 7) is 4.14. The van der Waals surface area contributed by atoms with Crippen LogP contribution in [0, 0.1) is 0 Å². The van der Waals surface area contributed by atoms with Crippen molar-refractivity contribution in [3.8, 4) is 0 Å². The highest BCUT2D eigenvalue weighted by Crippen LogP contribution is 2.21. The molecule has 2 N–H and O–H groups in total. The molecule has 0 bridgehead atoms. The molecule has 0 radical (unpaired) electrons. The van der Waals surface area contributed by atoms with E-state index in [1.54, 1.807) is 13.8 Å². The maximum absolute atomic E-state index is 12.4. The number of morpholine rings is 1. The van der Waals surface area contributed by atoms with Gasteiger partial charge in [0.25, 0.3) is 0 Å². The number of aromatic amines is 1. The van der Waals surface area contributed by atoms with Crippen molar-refractivity contribution in [1.82, 2.24) is 9.29 Å². The molecule has 2 heterocycles. The second-order valence-corrected chi connectivity index (χ2v) is 6.57. The van der Waals surface area contributed by atoms with Gasteiger partial charge < -0.3 is 14.8 Å². The summed E-state index contributed by atoms with van der Waals surface area (Å²) in [7, 11) is -3.68. The maximum Gasteiger partial charge on any atom is 0.352 e. The summed E-state index contributed by atoms with van der Waals surface area (Å²) in [5.74, 6) is -1.19. The lowest BCUT2D eigenvalue weighted by Gasteiger charge is -2.34. The van der Waals surface area contributed by atoms with E-state index in [0.29, 0.717) is 0 Å². The summed E-state index contributed by atoms with van der Waals surface area (Å²) in [6, 6.07) is 1.13. The SMILES string of the molecule is CC1CN(S(=O)(=O)c2c[nH]c(C(=O)O)c2)CC(C)O1. The first kappa shape index (κ1) is 14.0. The van der Waals surface area contributed by atoms with Crippen molar-refractivity contribution in [3.05, 3.63) is 18.0 Å². The number of rotatable bonds is 3. The molecule has 8 heteroatoms. The predicted octanol–water partition coefficient (Wildman–Crippen LogP) is 0.511.